The monoisotopic (exact) mass is 293 g/mol. The third kappa shape index (κ3) is 2.13. The molecule has 0 spiro atoms. The van der Waals surface area contributed by atoms with Crippen molar-refractivity contribution >= 4 is 17.0 Å². The van der Waals surface area contributed by atoms with E-state index in [0.717, 1.165) is 41.8 Å². The first kappa shape index (κ1) is 13.6. The number of hydrogen-bond acceptors (Lipinski definition) is 6. The summed E-state index contributed by atoms with van der Waals surface area (Å²) in [4.78, 5) is 5.41. The number of aryl methyl sites for hydroxylation is 1. The van der Waals surface area contributed by atoms with Gasteiger partial charge in [0, 0.05) is 6.61 Å². The SMILES string of the molecule is CCOC1(c2noc(-c3scc(C)c3N)n2)CCCC1. The zero-order valence-corrected chi connectivity index (χ0v) is 12.6. The number of nitrogens with two attached hydrogens (primary N) is 1. The first-order valence-corrected chi connectivity index (χ1v) is 7.86. The van der Waals surface area contributed by atoms with Gasteiger partial charge in [-0.05, 0) is 50.5 Å². The number of anilines is 1. The van der Waals surface area contributed by atoms with Crippen molar-refractivity contribution in [1.82, 2.24) is 10.1 Å². The summed E-state index contributed by atoms with van der Waals surface area (Å²) in [6, 6.07) is 0. The van der Waals surface area contributed by atoms with Crippen molar-refractivity contribution in [3.63, 3.8) is 0 Å². The van der Waals surface area contributed by atoms with Crippen LogP contribution >= 0.6 is 11.3 Å². The Bertz CT molecular complexity index is 599. The maximum Gasteiger partial charge on any atom is 0.270 e. The zero-order valence-electron chi connectivity index (χ0n) is 11.8. The smallest absolute Gasteiger partial charge is 0.270 e. The number of rotatable bonds is 4. The van der Waals surface area contributed by atoms with Gasteiger partial charge >= 0.3 is 0 Å². The van der Waals surface area contributed by atoms with Crippen LogP contribution in [0.1, 0.15) is 44.0 Å². The third-order valence-corrected chi connectivity index (χ3v) is 4.98. The summed E-state index contributed by atoms with van der Waals surface area (Å²) in [6.45, 7) is 4.64. The van der Waals surface area contributed by atoms with Crippen LogP contribution in [-0.2, 0) is 10.3 Å². The molecule has 0 bridgehead atoms. The molecule has 1 aliphatic carbocycles. The van der Waals surface area contributed by atoms with E-state index in [-0.39, 0.29) is 5.60 Å². The first-order chi connectivity index (χ1) is 9.66. The Labute approximate surface area is 122 Å². The lowest BCUT2D eigenvalue weighted by Crippen LogP contribution is -2.27. The molecule has 2 heterocycles. The molecule has 0 radical (unpaired) electrons. The number of aromatic nitrogens is 2. The van der Waals surface area contributed by atoms with Gasteiger partial charge in [-0.15, -0.1) is 11.3 Å². The predicted molar refractivity (Wildman–Crippen MR) is 78.5 cm³/mol. The van der Waals surface area contributed by atoms with Crippen molar-refractivity contribution in [1.29, 1.82) is 0 Å². The molecule has 0 atom stereocenters. The minimum absolute atomic E-state index is 0.364. The van der Waals surface area contributed by atoms with Gasteiger partial charge in [-0.25, -0.2) is 0 Å². The van der Waals surface area contributed by atoms with Gasteiger partial charge in [0.1, 0.15) is 10.5 Å². The van der Waals surface area contributed by atoms with Gasteiger partial charge in [-0.1, -0.05) is 5.16 Å². The third-order valence-electron chi connectivity index (χ3n) is 3.88. The van der Waals surface area contributed by atoms with Crippen LogP contribution in [0.3, 0.4) is 0 Å². The van der Waals surface area contributed by atoms with Gasteiger partial charge in [-0.2, -0.15) is 4.98 Å². The van der Waals surface area contributed by atoms with Crippen molar-refractivity contribution in [2.24, 2.45) is 0 Å². The molecule has 1 fully saturated rings. The number of nitrogens with zero attached hydrogens (tertiary/aromatic N) is 2. The highest BCUT2D eigenvalue weighted by molar-refractivity contribution is 7.14. The lowest BCUT2D eigenvalue weighted by molar-refractivity contribution is -0.0469. The molecule has 108 valence electrons. The standard InChI is InChI=1S/C14H19N3O2S/c1-3-18-14(6-4-5-7-14)13-16-12(19-17-13)11-10(15)9(2)8-20-11/h8H,3-7,15H2,1-2H3. The number of hydrogen-bond donors (Lipinski definition) is 1. The maximum atomic E-state index is 6.04. The molecule has 6 heteroatoms. The summed E-state index contributed by atoms with van der Waals surface area (Å²) in [7, 11) is 0. The van der Waals surface area contributed by atoms with E-state index in [1.807, 2.05) is 19.2 Å². The highest BCUT2D eigenvalue weighted by Gasteiger charge is 2.41. The normalized spacial score (nSPS) is 17.7. The first-order valence-electron chi connectivity index (χ1n) is 6.98. The van der Waals surface area contributed by atoms with Crippen molar-refractivity contribution in [3.8, 4) is 10.8 Å². The van der Waals surface area contributed by atoms with Crippen molar-refractivity contribution in [2.75, 3.05) is 12.3 Å². The summed E-state index contributed by atoms with van der Waals surface area (Å²) in [5.41, 5.74) is 7.45. The Morgan fingerprint density at radius 1 is 1.45 bits per heavy atom. The van der Waals surface area contributed by atoms with Gasteiger partial charge in [-0.3, -0.25) is 0 Å². The zero-order chi connectivity index (χ0) is 14.2. The lowest BCUT2D eigenvalue weighted by atomic mass is 10.0. The second-order valence-electron chi connectivity index (χ2n) is 5.22. The molecule has 1 aliphatic rings. The highest BCUT2D eigenvalue weighted by Crippen LogP contribution is 2.42. The lowest BCUT2D eigenvalue weighted by Gasteiger charge is -2.24. The Balaban J connectivity index is 1.95. The summed E-state index contributed by atoms with van der Waals surface area (Å²) < 4.78 is 11.4. The second kappa shape index (κ2) is 5.18. The van der Waals surface area contributed by atoms with Crippen LogP contribution in [-0.4, -0.2) is 16.7 Å². The average Bonchev–Trinajstić information content (AvgIpc) is 3.13. The van der Waals surface area contributed by atoms with E-state index in [1.165, 1.54) is 11.3 Å². The van der Waals surface area contributed by atoms with Crippen LogP contribution in [0.2, 0.25) is 0 Å². The molecule has 2 aromatic heterocycles. The van der Waals surface area contributed by atoms with Crippen molar-refractivity contribution in [3.05, 3.63) is 16.8 Å². The average molecular weight is 293 g/mol. The van der Waals surface area contributed by atoms with Gasteiger partial charge < -0.3 is 15.0 Å². The Morgan fingerprint density at radius 2 is 2.20 bits per heavy atom. The fourth-order valence-corrected chi connectivity index (χ4v) is 3.67. The fourth-order valence-electron chi connectivity index (χ4n) is 2.77. The summed E-state index contributed by atoms with van der Waals surface area (Å²) in [5.74, 6) is 1.17. The van der Waals surface area contributed by atoms with Gasteiger partial charge in [0.2, 0.25) is 5.82 Å². The molecule has 0 amide bonds. The minimum atomic E-state index is -0.364. The Hall–Kier alpha value is -1.40. The Kier molecular flexibility index (Phi) is 3.52. The predicted octanol–water partition coefficient (Wildman–Crippen LogP) is 3.49. The highest BCUT2D eigenvalue weighted by atomic mass is 32.1. The molecule has 5 nitrogen and oxygen atoms in total. The molecule has 0 saturated heterocycles. The molecular weight excluding hydrogens is 274 g/mol. The molecule has 0 unspecified atom stereocenters. The second-order valence-corrected chi connectivity index (χ2v) is 6.10. The molecule has 0 aromatic carbocycles. The van der Waals surface area contributed by atoms with E-state index < -0.39 is 0 Å². The van der Waals surface area contributed by atoms with Crippen LogP contribution in [0.15, 0.2) is 9.90 Å². The van der Waals surface area contributed by atoms with Crippen molar-refractivity contribution < 1.29 is 9.26 Å². The van der Waals surface area contributed by atoms with E-state index in [2.05, 4.69) is 10.1 Å². The molecule has 2 aromatic rings. The van der Waals surface area contributed by atoms with Gasteiger partial charge in [0.05, 0.1) is 5.69 Å². The van der Waals surface area contributed by atoms with E-state index in [9.17, 15) is 0 Å². The molecule has 0 aliphatic heterocycles. The van der Waals surface area contributed by atoms with Gasteiger partial charge in [0.15, 0.2) is 0 Å². The van der Waals surface area contributed by atoms with E-state index >= 15 is 0 Å². The van der Waals surface area contributed by atoms with E-state index in [1.54, 1.807) is 0 Å². The van der Waals surface area contributed by atoms with Crippen LogP contribution in [0.5, 0.6) is 0 Å². The number of thiophene rings is 1. The molecule has 3 rings (SSSR count). The summed E-state index contributed by atoms with van der Waals surface area (Å²) >= 11 is 1.54. The molecular formula is C14H19N3O2S. The van der Waals surface area contributed by atoms with E-state index in [4.69, 9.17) is 15.0 Å². The summed E-state index contributed by atoms with van der Waals surface area (Å²) in [5, 5.41) is 6.16. The van der Waals surface area contributed by atoms with Crippen LogP contribution in [0.4, 0.5) is 5.69 Å². The number of ether oxygens (including phenoxy) is 1. The van der Waals surface area contributed by atoms with Crippen LogP contribution in [0, 0.1) is 6.92 Å². The topological polar surface area (TPSA) is 74.2 Å². The van der Waals surface area contributed by atoms with Gasteiger partial charge in [0.25, 0.3) is 5.89 Å². The molecule has 20 heavy (non-hydrogen) atoms. The molecule has 2 N–H and O–H groups in total. The summed E-state index contributed by atoms with van der Waals surface area (Å²) in [6.07, 6.45) is 4.20. The largest absolute Gasteiger partial charge is 0.397 e. The minimum Gasteiger partial charge on any atom is -0.397 e. The fraction of sp³-hybridized carbons (Fsp3) is 0.571. The quantitative estimate of drug-likeness (QED) is 0.934. The van der Waals surface area contributed by atoms with Crippen molar-refractivity contribution in [2.45, 2.75) is 45.1 Å². The maximum absolute atomic E-state index is 6.04. The van der Waals surface area contributed by atoms with Crippen LogP contribution in [0.25, 0.3) is 10.8 Å². The van der Waals surface area contributed by atoms with Crippen LogP contribution < -0.4 is 5.73 Å². The Morgan fingerprint density at radius 3 is 2.80 bits per heavy atom. The van der Waals surface area contributed by atoms with E-state index in [0.29, 0.717) is 18.3 Å². The number of nitrogen functional groups attached to an aromatic ring is 1. The molecule has 1 saturated carbocycles.